The van der Waals surface area contributed by atoms with Crippen molar-refractivity contribution in [3.8, 4) is 17.2 Å². The quantitative estimate of drug-likeness (QED) is 0.838. The molecule has 0 aliphatic carbocycles. The average Bonchev–Trinajstić information content (AvgIpc) is 2.66. The fourth-order valence-corrected chi connectivity index (χ4v) is 3.41. The molecule has 0 atom stereocenters. The van der Waals surface area contributed by atoms with Gasteiger partial charge in [-0.05, 0) is 24.1 Å². The summed E-state index contributed by atoms with van der Waals surface area (Å²) in [4.78, 5) is 22.2. The third kappa shape index (κ3) is 3.93. The number of benzene rings is 1. The summed E-state index contributed by atoms with van der Waals surface area (Å²) in [6.07, 6.45) is 0.695. The molecule has 0 spiro atoms. The molecule has 0 fully saturated rings. The Morgan fingerprint density at radius 2 is 1.81 bits per heavy atom. The van der Waals surface area contributed by atoms with Gasteiger partial charge in [-0.3, -0.25) is 9.69 Å². The summed E-state index contributed by atoms with van der Waals surface area (Å²) < 4.78 is 16.3. The van der Waals surface area contributed by atoms with Crippen molar-refractivity contribution >= 4 is 0 Å². The van der Waals surface area contributed by atoms with Gasteiger partial charge in [0.05, 0.1) is 27.0 Å². The Labute approximate surface area is 159 Å². The predicted octanol–water partition coefficient (Wildman–Crippen LogP) is 2.48. The Morgan fingerprint density at radius 1 is 1.15 bits per heavy atom. The molecule has 27 heavy (non-hydrogen) atoms. The van der Waals surface area contributed by atoms with Crippen LogP contribution in [0.4, 0.5) is 0 Å². The molecule has 1 aliphatic heterocycles. The number of ether oxygens (including phenoxy) is 3. The molecule has 0 saturated carbocycles. The summed E-state index contributed by atoms with van der Waals surface area (Å²) >= 11 is 0. The largest absolute Gasteiger partial charge is 0.493 e. The van der Waals surface area contributed by atoms with Gasteiger partial charge in [0.2, 0.25) is 5.75 Å². The lowest BCUT2D eigenvalue weighted by Gasteiger charge is -2.28. The Hall–Kier alpha value is -2.54. The zero-order valence-electron chi connectivity index (χ0n) is 16.6. The van der Waals surface area contributed by atoms with Crippen LogP contribution < -0.4 is 19.8 Å². The fraction of sp³-hybridized carbons (Fsp3) is 0.500. The maximum Gasteiger partial charge on any atom is 0.254 e. The molecule has 0 unspecified atom stereocenters. The van der Waals surface area contributed by atoms with Gasteiger partial charge in [-0.2, -0.15) is 0 Å². The van der Waals surface area contributed by atoms with Gasteiger partial charge in [-0.15, -0.1) is 0 Å². The van der Waals surface area contributed by atoms with Crippen LogP contribution in [0.1, 0.15) is 42.4 Å². The zero-order chi connectivity index (χ0) is 19.6. The first kappa shape index (κ1) is 19.2. The number of nitrogens with one attached hydrogen (secondary N) is 1. The van der Waals surface area contributed by atoms with Gasteiger partial charge in [-0.1, -0.05) is 13.8 Å². The summed E-state index contributed by atoms with van der Waals surface area (Å²) in [5.74, 6) is 2.80. The van der Waals surface area contributed by atoms with Gasteiger partial charge in [-0.25, -0.2) is 4.98 Å². The van der Waals surface area contributed by atoms with E-state index in [-0.39, 0.29) is 11.5 Å². The van der Waals surface area contributed by atoms with E-state index < -0.39 is 0 Å². The zero-order valence-corrected chi connectivity index (χ0v) is 16.6. The second-order valence-electron chi connectivity index (χ2n) is 7.03. The summed E-state index contributed by atoms with van der Waals surface area (Å²) in [6.45, 7) is 6.22. The number of H-pyrrole nitrogens is 1. The highest BCUT2D eigenvalue weighted by molar-refractivity contribution is 5.53. The van der Waals surface area contributed by atoms with Crippen LogP contribution in [0.15, 0.2) is 16.9 Å². The minimum Gasteiger partial charge on any atom is -0.493 e. The molecule has 7 nitrogen and oxygen atoms in total. The first-order valence-electron chi connectivity index (χ1n) is 9.10. The number of methoxy groups -OCH3 is 3. The monoisotopic (exact) mass is 373 g/mol. The van der Waals surface area contributed by atoms with Crippen LogP contribution in [0.5, 0.6) is 17.2 Å². The average molecular weight is 373 g/mol. The van der Waals surface area contributed by atoms with Crippen molar-refractivity contribution in [2.45, 2.75) is 39.3 Å². The number of fused-ring (bicyclic) bond motifs is 1. The lowest BCUT2D eigenvalue weighted by molar-refractivity contribution is 0.238. The van der Waals surface area contributed by atoms with Crippen molar-refractivity contribution in [3.05, 3.63) is 45.1 Å². The van der Waals surface area contributed by atoms with Crippen LogP contribution in [-0.2, 0) is 19.5 Å². The molecule has 1 aromatic carbocycles. The molecule has 0 bridgehead atoms. The summed E-state index contributed by atoms with van der Waals surface area (Å²) in [5, 5.41) is 0. The fourth-order valence-electron chi connectivity index (χ4n) is 3.41. The topological polar surface area (TPSA) is 76.7 Å². The number of nitrogens with zero attached hydrogens (tertiary/aromatic N) is 2. The molecular formula is C20H27N3O4. The Kier molecular flexibility index (Phi) is 5.70. The van der Waals surface area contributed by atoms with E-state index >= 15 is 0 Å². The molecule has 1 aliphatic rings. The standard InChI is InChI=1S/C20H27N3O4/c1-12(2)19-21-15-11-23(7-6-14(15)20(24)22-19)10-13-8-16(25-3)18(27-5)17(9-13)26-4/h8-9,12H,6-7,10-11H2,1-5H3,(H,21,22,24). The minimum absolute atomic E-state index is 0.00358. The van der Waals surface area contributed by atoms with Crippen LogP contribution in [0.2, 0.25) is 0 Å². The minimum atomic E-state index is -0.00358. The lowest BCUT2D eigenvalue weighted by Crippen LogP contribution is -2.35. The lowest BCUT2D eigenvalue weighted by atomic mass is 10.0. The van der Waals surface area contributed by atoms with Crippen LogP contribution >= 0.6 is 0 Å². The Balaban J connectivity index is 1.85. The van der Waals surface area contributed by atoms with Crippen LogP contribution in [0, 0.1) is 0 Å². The van der Waals surface area contributed by atoms with Crippen molar-refractivity contribution in [1.29, 1.82) is 0 Å². The van der Waals surface area contributed by atoms with E-state index in [9.17, 15) is 4.79 Å². The second-order valence-corrected chi connectivity index (χ2v) is 7.03. The van der Waals surface area contributed by atoms with E-state index in [0.29, 0.717) is 36.8 Å². The highest BCUT2D eigenvalue weighted by atomic mass is 16.5. The molecule has 1 aromatic heterocycles. The molecule has 3 rings (SSSR count). The number of aromatic nitrogens is 2. The Morgan fingerprint density at radius 3 is 2.37 bits per heavy atom. The van der Waals surface area contributed by atoms with Gasteiger partial charge in [0, 0.05) is 31.1 Å². The molecule has 1 N–H and O–H groups in total. The molecule has 0 saturated heterocycles. The molecule has 2 heterocycles. The molecule has 2 aromatic rings. The van der Waals surface area contributed by atoms with Crippen LogP contribution in [0.3, 0.4) is 0 Å². The molecular weight excluding hydrogens is 346 g/mol. The van der Waals surface area contributed by atoms with Crippen molar-refractivity contribution < 1.29 is 14.2 Å². The van der Waals surface area contributed by atoms with Gasteiger partial charge >= 0.3 is 0 Å². The summed E-state index contributed by atoms with van der Waals surface area (Å²) in [6, 6.07) is 3.92. The number of aromatic amines is 1. The highest BCUT2D eigenvalue weighted by Crippen LogP contribution is 2.38. The van der Waals surface area contributed by atoms with Gasteiger partial charge in [0.15, 0.2) is 11.5 Å². The third-order valence-electron chi connectivity index (χ3n) is 4.85. The maximum atomic E-state index is 12.3. The SMILES string of the molecule is COc1cc(CN2CCc3c(nc(C(C)C)[nH]c3=O)C2)cc(OC)c1OC. The first-order valence-corrected chi connectivity index (χ1v) is 9.10. The van der Waals surface area contributed by atoms with Crippen molar-refractivity contribution in [3.63, 3.8) is 0 Å². The Bertz CT molecular complexity index is 851. The molecule has 0 amide bonds. The van der Waals surface area contributed by atoms with E-state index in [1.54, 1.807) is 21.3 Å². The maximum absolute atomic E-state index is 12.3. The summed E-state index contributed by atoms with van der Waals surface area (Å²) in [5.41, 5.74) is 2.74. The van der Waals surface area contributed by atoms with E-state index in [4.69, 9.17) is 19.2 Å². The molecule has 0 radical (unpaired) electrons. The normalized spacial score (nSPS) is 14.1. The van der Waals surface area contributed by atoms with E-state index in [2.05, 4.69) is 9.88 Å². The predicted molar refractivity (Wildman–Crippen MR) is 103 cm³/mol. The first-order chi connectivity index (χ1) is 13.0. The van der Waals surface area contributed by atoms with Crippen molar-refractivity contribution in [2.24, 2.45) is 0 Å². The van der Waals surface area contributed by atoms with Crippen molar-refractivity contribution in [2.75, 3.05) is 27.9 Å². The number of hydrogen-bond donors (Lipinski definition) is 1. The van der Waals surface area contributed by atoms with Crippen LogP contribution in [0.25, 0.3) is 0 Å². The second kappa shape index (κ2) is 8.00. The molecule has 7 heteroatoms. The van der Waals surface area contributed by atoms with Gasteiger partial charge < -0.3 is 19.2 Å². The third-order valence-corrected chi connectivity index (χ3v) is 4.85. The van der Waals surface area contributed by atoms with E-state index in [1.165, 1.54) is 0 Å². The number of rotatable bonds is 6. The highest BCUT2D eigenvalue weighted by Gasteiger charge is 2.23. The smallest absolute Gasteiger partial charge is 0.254 e. The van der Waals surface area contributed by atoms with Gasteiger partial charge in [0.1, 0.15) is 5.82 Å². The van der Waals surface area contributed by atoms with Crippen molar-refractivity contribution in [1.82, 2.24) is 14.9 Å². The number of hydrogen-bond acceptors (Lipinski definition) is 6. The van der Waals surface area contributed by atoms with E-state index in [0.717, 1.165) is 29.2 Å². The summed E-state index contributed by atoms with van der Waals surface area (Å²) in [7, 11) is 4.82. The molecule has 146 valence electrons. The van der Waals surface area contributed by atoms with E-state index in [1.807, 2.05) is 26.0 Å². The van der Waals surface area contributed by atoms with Gasteiger partial charge in [0.25, 0.3) is 5.56 Å². The van der Waals surface area contributed by atoms with Crippen LogP contribution in [-0.4, -0.2) is 42.7 Å².